The van der Waals surface area contributed by atoms with Crippen LogP contribution in [0.3, 0.4) is 0 Å². The zero-order chi connectivity index (χ0) is 15.5. The lowest BCUT2D eigenvalue weighted by molar-refractivity contribution is 0.120. The van der Waals surface area contributed by atoms with E-state index in [1.165, 1.54) is 0 Å². The maximum atomic E-state index is 6.19. The number of nitrogen functional groups attached to an aromatic ring is 1. The number of anilines is 2. The number of ether oxygens (including phenoxy) is 2. The van der Waals surface area contributed by atoms with Crippen molar-refractivity contribution >= 4 is 11.5 Å². The van der Waals surface area contributed by atoms with Gasteiger partial charge < -0.3 is 20.5 Å². The van der Waals surface area contributed by atoms with Crippen molar-refractivity contribution in [1.29, 1.82) is 0 Å². The number of hydrogen-bond acceptors (Lipinski definition) is 6. The lowest BCUT2D eigenvalue weighted by Gasteiger charge is -2.16. The number of nitrogens with one attached hydrogen (secondary N) is 1. The van der Waals surface area contributed by atoms with Crippen molar-refractivity contribution in [3.05, 3.63) is 5.82 Å². The summed E-state index contributed by atoms with van der Waals surface area (Å²) in [7, 11) is 0. The Morgan fingerprint density at radius 2 is 2.14 bits per heavy atom. The molecule has 1 aromatic rings. The van der Waals surface area contributed by atoms with E-state index in [2.05, 4.69) is 29.1 Å². The SMILES string of the molecule is CC(C)COc1nc(C2CC2)nc(NCC2CCCO2)c1N. The van der Waals surface area contributed by atoms with Gasteiger partial charge in [-0.05, 0) is 31.6 Å². The molecule has 6 heteroatoms. The Bertz CT molecular complexity index is 511. The van der Waals surface area contributed by atoms with Crippen LogP contribution >= 0.6 is 0 Å². The number of hydrogen-bond donors (Lipinski definition) is 2. The van der Waals surface area contributed by atoms with E-state index < -0.39 is 0 Å². The Hall–Kier alpha value is -1.56. The predicted octanol–water partition coefficient (Wildman–Crippen LogP) is 2.56. The average molecular weight is 306 g/mol. The molecular formula is C16H26N4O2. The minimum Gasteiger partial charge on any atom is -0.476 e. The normalized spacial score (nSPS) is 21.3. The third kappa shape index (κ3) is 3.80. The molecule has 2 heterocycles. The van der Waals surface area contributed by atoms with Gasteiger partial charge in [-0.3, -0.25) is 0 Å². The molecule has 0 radical (unpaired) electrons. The number of aromatic nitrogens is 2. The van der Waals surface area contributed by atoms with Crippen LogP contribution in [0.1, 0.15) is 51.3 Å². The second-order valence-electron chi connectivity index (χ2n) is 6.64. The van der Waals surface area contributed by atoms with Crippen molar-refractivity contribution in [3.8, 4) is 5.88 Å². The van der Waals surface area contributed by atoms with Gasteiger partial charge >= 0.3 is 0 Å². The molecule has 0 aromatic carbocycles. The van der Waals surface area contributed by atoms with E-state index in [4.69, 9.17) is 15.2 Å². The zero-order valence-corrected chi connectivity index (χ0v) is 13.5. The molecule has 6 nitrogen and oxygen atoms in total. The van der Waals surface area contributed by atoms with Crippen LogP contribution in [0.5, 0.6) is 5.88 Å². The van der Waals surface area contributed by atoms with Crippen LogP contribution in [-0.2, 0) is 4.74 Å². The summed E-state index contributed by atoms with van der Waals surface area (Å²) in [5.74, 6) is 2.95. The monoisotopic (exact) mass is 306 g/mol. The van der Waals surface area contributed by atoms with Crippen molar-refractivity contribution in [2.24, 2.45) is 5.92 Å². The Morgan fingerprint density at radius 1 is 1.32 bits per heavy atom. The highest BCUT2D eigenvalue weighted by Crippen LogP contribution is 2.40. The number of nitrogens with two attached hydrogens (primary N) is 1. The molecule has 1 saturated carbocycles. The molecule has 0 amide bonds. The standard InChI is InChI=1S/C16H26N4O2/c1-10(2)9-22-16-13(17)15(18-8-12-4-3-7-21-12)19-14(20-16)11-5-6-11/h10-12H,3-9,17H2,1-2H3,(H,18,19,20). The first-order valence-electron chi connectivity index (χ1n) is 8.29. The third-order valence-electron chi connectivity index (χ3n) is 3.95. The Morgan fingerprint density at radius 3 is 2.77 bits per heavy atom. The summed E-state index contributed by atoms with van der Waals surface area (Å²) in [6.45, 7) is 6.40. The fourth-order valence-electron chi connectivity index (χ4n) is 2.50. The lowest BCUT2D eigenvalue weighted by Crippen LogP contribution is -2.20. The Kier molecular flexibility index (Phi) is 4.66. The highest BCUT2D eigenvalue weighted by molar-refractivity contribution is 5.67. The maximum absolute atomic E-state index is 6.19. The van der Waals surface area contributed by atoms with Crippen LogP contribution in [0, 0.1) is 5.92 Å². The molecular weight excluding hydrogens is 280 g/mol. The molecule has 1 aromatic heterocycles. The first kappa shape index (κ1) is 15.3. The van der Waals surface area contributed by atoms with E-state index >= 15 is 0 Å². The molecule has 1 unspecified atom stereocenters. The van der Waals surface area contributed by atoms with Crippen LogP contribution in [0.15, 0.2) is 0 Å². The summed E-state index contributed by atoms with van der Waals surface area (Å²) in [6, 6.07) is 0. The molecule has 3 rings (SSSR count). The smallest absolute Gasteiger partial charge is 0.242 e. The molecule has 3 N–H and O–H groups in total. The third-order valence-corrected chi connectivity index (χ3v) is 3.95. The first-order chi connectivity index (χ1) is 10.6. The van der Waals surface area contributed by atoms with Gasteiger partial charge in [-0.15, -0.1) is 0 Å². The van der Waals surface area contributed by atoms with Crippen LogP contribution in [0.2, 0.25) is 0 Å². The van der Waals surface area contributed by atoms with Gasteiger partial charge in [0.15, 0.2) is 5.82 Å². The molecule has 1 atom stereocenters. The van der Waals surface area contributed by atoms with Gasteiger partial charge in [0, 0.05) is 19.1 Å². The second-order valence-corrected chi connectivity index (χ2v) is 6.64. The largest absolute Gasteiger partial charge is 0.476 e. The van der Waals surface area contributed by atoms with E-state index in [1.54, 1.807) is 0 Å². The molecule has 122 valence electrons. The van der Waals surface area contributed by atoms with Gasteiger partial charge in [0.05, 0.1) is 12.7 Å². The summed E-state index contributed by atoms with van der Waals surface area (Å²) in [5.41, 5.74) is 6.69. The highest BCUT2D eigenvalue weighted by Gasteiger charge is 2.29. The van der Waals surface area contributed by atoms with Crippen molar-refractivity contribution in [3.63, 3.8) is 0 Å². The molecule has 2 fully saturated rings. The summed E-state index contributed by atoms with van der Waals surface area (Å²) >= 11 is 0. The number of rotatable bonds is 7. The first-order valence-corrected chi connectivity index (χ1v) is 8.29. The average Bonchev–Trinajstić information content (AvgIpc) is 3.21. The summed E-state index contributed by atoms with van der Waals surface area (Å²) in [4.78, 5) is 9.12. The van der Waals surface area contributed by atoms with Gasteiger partial charge in [0.2, 0.25) is 5.88 Å². The van der Waals surface area contributed by atoms with Crippen molar-refractivity contribution < 1.29 is 9.47 Å². The molecule has 1 aliphatic heterocycles. The van der Waals surface area contributed by atoms with Crippen molar-refractivity contribution in [2.45, 2.75) is 51.6 Å². The van der Waals surface area contributed by atoms with E-state index in [9.17, 15) is 0 Å². The molecule has 1 saturated heterocycles. The van der Waals surface area contributed by atoms with Gasteiger partial charge in [-0.25, -0.2) is 4.98 Å². The molecule has 22 heavy (non-hydrogen) atoms. The lowest BCUT2D eigenvalue weighted by atomic mass is 10.2. The second kappa shape index (κ2) is 6.69. The quantitative estimate of drug-likeness (QED) is 0.805. The fraction of sp³-hybridized carbons (Fsp3) is 0.750. The summed E-state index contributed by atoms with van der Waals surface area (Å²) in [5, 5.41) is 3.32. The molecule has 0 bridgehead atoms. The van der Waals surface area contributed by atoms with Gasteiger partial charge in [0.1, 0.15) is 11.5 Å². The van der Waals surface area contributed by atoms with E-state index in [0.29, 0.717) is 35.8 Å². The predicted molar refractivity (Wildman–Crippen MR) is 86.2 cm³/mol. The molecule has 2 aliphatic rings. The van der Waals surface area contributed by atoms with Crippen LogP contribution in [0.4, 0.5) is 11.5 Å². The molecule has 0 spiro atoms. The Balaban J connectivity index is 1.73. The fourth-order valence-corrected chi connectivity index (χ4v) is 2.50. The summed E-state index contributed by atoms with van der Waals surface area (Å²) < 4.78 is 11.4. The van der Waals surface area contributed by atoms with Gasteiger partial charge in [-0.1, -0.05) is 13.8 Å². The van der Waals surface area contributed by atoms with Crippen molar-refractivity contribution in [1.82, 2.24) is 9.97 Å². The minimum absolute atomic E-state index is 0.249. The van der Waals surface area contributed by atoms with E-state index in [1.807, 2.05) is 0 Å². The van der Waals surface area contributed by atoms with Crippen LogP contribution in [0.25, 0.3) is 0 Å². The minimum atomic E-state index is 0.249. The van der Waals surface area contributed by atoms with E-state index in [-0.39, 0.29) is 6.10 Å². The Labute approximate surface area is 131 Å². The van der Waals surface area contributed by atoms with Gasteiger partial charge in [-0.2, -0.15) is 4.98 Å². The van der Waals surface area contributed by atoms with E-state index in [0.717, 1.165) is 44.7 Å². The highest BCUT2D eigenvalue weighted by atomic mass is 16.5. The topological polar surface area (TPSA) is 82.3 Å². The zero-order valence-electron chi connectivity index (χ0n) is 13.5. The van der Waals surface area contributed by atoms with Crippen LogP contribution in [-0.4, -0.2) is 35.8 Å². The number of nitrogens with zero attached hydrogens (tertiary/aromatic N) is 2. The maximum Gasteiger partial charge on any atom is 0.242 e. The van der Waals surface area contributed by atoms with Crippen LogP contribution < -0.4 is 15.8 Å². The van der Waals surface area contributed by atoms with Crippen molar-refractivity contribution in [2.75, 3.05) is 30.8 Å². The summed E-state index contributed by atoms with van der Waals surface area (Å²) in [6.07, 6.45) is 4.77. The van der Waals surface area contributed by atoms with Gasteiger partial charge in [0.25, 0.3) is 0 Å². The molecule has 1 aliphatic carbocycles.